The lowest BCUT2D eigenvalue weighted by atomic mass is 9.98. The normalized spacial score (nSPS) is 10.9. The van der Waals surface area contributed by atoms with Gasteiger partial charge in [0.2, 0.25) is 0 Å². The molecule has 0 fully saturated rings. The third-order valence-electron chi connectivity index (χ3n) is 2.45. The number of nitrogens with zero attached hydrogens (tertiary/aromatic N) is 1. The van der Waals surface area contributed by atoms with Crippen molar-refractivity contribution in [1.29, 1.82) is 5.26 Å². The average Bonchev–Trinajstić information content (AvgIpc) is 2.17. The summed E-state index contributed by atoms with van der Waals surface area (Å²) in [7, 11) is 0. The molecule has 0 heterocycles. The van der Waals surface area contributed by atoms with Crippen LogP contribution >= 0.6 is 11.6 Å². The molecule has 0 spiro atoms. The van der Waals surface area contributed by atoms with Crippen molar-refractivity contribution in [1.82, 2.24) is 0 Å². The SMILES string of the molecule is CCCC(C)(C)Nc1ccc(C#N)c(Cl)c1. The van der Waals surface area contributed by atoms with Crippen LogP contribution in [0, 0.1) is 11.3 Å². The summed E-state index contributed by atoms with van der Waals surface area (Å²) in [4.78, 5) is 0. The van der Waals surface area contributed by atoms with Gasteiger partial charge >= 0.3 is 0 Å². The molecule has 0 saturated heterocycles. The Morgan fingerprint density at radius 3 is 2.62 bits per heavy atom. The zero-order valence-electron chi connectivity index (χ0n) is 9.97. The molecular weight excluding hydrogens is 220 g/mol. The van der Waals surface area contributed by atoms with Crippen LogP contribution in [0.1, 0.15) is 39.2 Å². The lowest BCUT2D eigenvalue weighted by Gasteiger charge is -2.27. The fraction of sp³-hybridized carbons (Fsp3) is 0.462. The van der Waals surface area contributed by atoms with Crippen molar-refractivity contribution < 1.29 is 0 Å². The molecule has 0 aliphatic carbocycles. The number of halogens is 1. The minimum absolute atomic E-state index is 0.0479. The van der Waals surface area contributed by atoms with E-state index >= 15 is 0 Å². The van der Waals surface area contributed by atoms with E-state index in [1.165, 1.54) is 0 Å². The topological polar surface area (TPSA) is 35.8 Å². The summed E-state index contributed by atoms with van der Waals surface area (Å²) < 4.78 is 0. The zero-order chi connectivity index (χ0) is 12.2. The molecule has 1 aromatic carbocycles. The Morgan fingerprint density at radius 1 is 1.44 bits per heavy atom. The van der Waals surface area contributed by atoms with E-state index in [4.69, 9.17) is 16.9 Å². The van der Waals surface area contributed by atoms with Crippen LogP contribution in [0.5, 0.6) is 0 Å². The van der Waals surface area contributed by atoms with Gasteiger partial charge in [0, 0.05) is 11.2 Å². The molecule has 86 valence electrons. The van der Waals surface area contributed by atoms with E-state index in [1.807, 2.05) is 6.07 Å². The van der Waals surface area contributed by atoms with Crippen molar-refractivity contribution in [2.24, 2.45) is 0 Å². The molecule has 3 heteroatoms. The Kier molecular flexibility index (Phi) is 4.20. The first kappa shape index (κ1) is 12.9. The Hall–Kier alpha value is -1.20. The van der Waals surface area contributed by atoms with Gasteiger partial charge in [0.25, 0.3) is 0 Å². The molecular formula is C13H17ClN2. The summed E-state index contributed by atoms with van der Waals surface area (Å²) in [6.07, 6.45) is 2.22. The van der Waals surface area contributed by atoms with Gasteiger partial charge in [0.15, 0.2) is 0 Å². The van der Waals surface area contributed by atoms with Crippen molar-refractivity contribution in [3.63, 3.8) is 0 Å². The van der Waals surface area contributed by atoms with E-state index in [0.717, 1.165) is 18.5 Å². The second kappa shape index (κ2) is 5.23. The van der Waals surface area contributed by atoms with Crippen LogP contribution in [0.4, 0.5) is 5.69 Å². The van der Waals surface area contributed by atoms with E-state index in [9.17, 15) is 0 Å². The van der Waals surface area contributed by atoms with Gasteiger partial charge in [-0.2, -0.15) is 5.26 Å². The van der Waals surface area contributed by atoms with Crippen LogP contribution in [0.15, 0.2) is 18.2 Å². The highest BCUT2D eigenvalue weighted by molar-refractivity contribution is 6.32. The highest BCUT2D eigenvalue weighted by atomic mass is 35.5. The van der Waals surface area contributed by atoms with Gasteiger partial charge < -0.3 is 5.32 Å². The maximum atomic E-state index is 8.77. The molecule has 0 radical (unpaired) electrons. The standard InChI is InChI=1S/C13H17ClN2/c1-4-7-13(2,3)16-11-6-5-10(9-15)12(14)8-11/h5-6,8,16H,4,7H2,1-3H3. The Balaban J connectivity index is 2.84. The van der Waals surface area contributed by atoms with Crippen LogP contribution in [-0.2, 0) is 0 Å². The van der Waals surface area contributed by atoms with E-state index in [2.05, 4.69) is 32.2 Å². The van der Waals surface area contributed by atoms with Crippen LogP contribution in [0.3, 0.4) is 0 Å². The van der Waals surface area contributed by atoms with Gasteiger partial charge in [-0.1, -0.05) is 24.9 Å². The molecule has 0 bridgehead atoms. The third-order valence-corrected chi connectivity index (χ3v) is 2.76. The maximum Gasteiger partial charge on any atom is 0.101 e. The van der Waals surface area contributed by atoms with Gasteiger partial charge in [0.1, 0.15) is 6.07 Å². The molecule has 0 atom stereocenters. The van der Waals surface area contributed by atoms with E-state index in [0.29, 0.717) is 10.6 Å². The number of nitrogens with one attached hydrogen (secondary N) is 1. The van der Waals surface area contributed by atoms with Crippen LogP contribution < -0.4 is 5.32 Å². The van der Waals surface area contributed by atoms with Crippen LogP contribution in [0.25, 0.3) is 0 Å². The summed E-state index contributed by atoms with van der Waals surface area (Å²) in [6, 6.07) is 7.49. The summed E-state index contributed by atoms with van der Waals surface area (Å²) in [5.41, 5.74) is 1.52. The van der Waals surface area contributed by atoms with Crippen LogP contribution in [-0.4, -0.2) is 5.54 Å². The second-order valence-corrected chi connectivity index (χ2v) is 4.97. The molecule has 1 N–H and O–H groups in total. The number of hydrogen-bond acceptors (Lipinski definition) is 2. The molecule has 1 rings (SSSR count). The minimum Gasteiger partial charge on any atom is -0.380 e. The van der Waals surface area contributed by atoms with E-state index < -0.39 is 0 Å². The summed E-state index contributed by atoms with van der Waals surface area (Å²) in [5.74, 6) is 0. The Labute approximate surface area is 102 Å². The number of rotatable bonds is 4. The molecule has 1 aromatic rings. The first-order valence-corrected chi connectivity index (χ1v) is 5.84. The first-order chi connectivity index (χ1) is 7.48. The smallest absolute Gasteiger partial charge is 0.101 e. The predicted octanol–water partition coefficient (Wildman–Crippen LogP) is 4.20. The maximum absolute atomic E-state index is 8.77. The van der Waals surface area contributed by atoms with Gasteiger partial charge in [0.05, 0.1) is 10.6 Å². The highest BCUT2D eigenvalue weighted by Crippen LogP contribution is 2.24. The average molecular weight is 237 g/mol. The molecule has 0 amide bonds. The molecule has 0 aromatic heterocycles. The highest BCUT2D eigenvalue weighted by Gasteiger charge is 2.16. The Bertz CT molecular complexity index is 405. The Morgan fingerprint density at radius 2 is 2.12 bits per heavy atom. The van der Waals surface area contributed by atoms with E-state index in [-0.39, 0.29) is 5.54 Å². The van der Waals surface area contributed by atoms with Gasteiger partial charge in [-0.15, -0.1) is 0 Å². The van der Waals surface area contributed by atoms with Crippen molar-refractivity contribution in [3.05, 3.63) is 28.8 Å². The number of benzene rings is 1. The van der Waals surface area contributed by atoms with Gasteiger partial charge in [-0.3, -0.25) is 0 Å². The first-order valence-electron chi connectivity index (χ1n) is 5.46. The predicted molar refractivity (Wildman–Crippen MR) is 68.8 cm³/mol. The van der Waals surface area contributed by atoms with Crippen molar-refractivity contribution in [3.8, 4) is 6.07 Å². The number of nitriles is 1. The number of anilines is 1. The lowest BCUT2D eigenvalue weighted by molar-refractivity contribution is 0.511. The monoisotopic (exact) mass is 236 g/mol. The fourth-order valence-electron chi connectivity index (χ4n) is 1.76. The summed E-state index contributed by atoms with van der Waals surface area (Å²) in [6.45, 7) is 6.47. The van der Waals surface area contributed by atoms with Crippen molar-refractivity contribution >= 4 is 17.3 Å². The molecule has 0 aliphatic heterocycles. The second-order valence-electron chi connectivity index (χ2n) is 4.57. The molecule has 2 nitrogen and oxygen atoms in total. The summed E-state index contributed by atoms with van der Waals surface area (Å²) >= 11 is 5.97. The summed E-state index contributed by atoms with van der Waals surface area (Å²) in [5, 5.41) is 12.7. The van der Waals surface area contributed by atoms with Crippen molar-refractivity contribution in [2.45, 2.75) is 39.2 Å². The molecule has 16 heavy (non-hydrogen) atoms. The minimum atomic E-state index is 0.0479. The van der Waals surface area contributed by atoms with Crippen molar-refractivity contribution in [2.75, 3.05) is 5.32 Å². The van der Waals surface area contributed by atoms with E-state index in [1.54, 1.807) is 12.1 Å². The third kappa shape index (κ3) is 3.43. The quantitative estimate of drug-likeness (QED) is 0.851. The zero-order valence-corrected chi connectivity index (χ0v) is 10.7. The lowest BCUT2D eigenvalue weighted by Crippen LogP contribution is -2.30. The largest absolute Gasteiger partial charge is 0.380 e. The number of hydrogen-bond donors (Lipinski definition) is 1. The molecule has 0 aliphatic rings. The van der Waals surface area contributed by atoms with Gasteiger partial charge in [-0.05, 0) is 38.5 Å². The molecule has 0 unspecified atom stereocenters. The fourth-order valence-corrected chi connectivity index (χ4v) is 1.98. The molecule has 0 saturated carbocycles. The van der Waals surface area contributed by atoms with Gasteiger partial charge in [-0.25, -0.2) is 0 Å². The van der Waals surface area contributed by atoms with Crippen LogP contribution in [0.2, 0.25) is 5.02 Å².